The topological polar surface area (TPSA) is 15.6 Å². The number of para-hydroxylation sites is 2. The van der Waals surface area contributed by atoms with Gasteiger partial charge in [0.1, 0.15) is 5.84 Å². The van der Waals surface area contributed by atoms with Gasteiger partial charge in [0.2, 0.25) is 0 Å². The van der Waals surface area contributed by atoms with E-state index in [1.807, 2.05) is 83.8 Å². The third-order valence-corrected chi connectivity index (χ3v) is 3.47. The summed E-state index contributed by atoms with van der Waals surface area (Å²) in [5.74, 6) is 0.845. The minimum absolute atomic E-state index is 0.845. The number of nitrogens with zero attached hydrogens (tertiary/aromatic N) is 2. The highest BCUT2D eigenvalue weighted by Crippen LogP contribution is 2.21. The molecule has 23 heavy (non-hydrogen) atoms. The fourth-order valence-electron chi connectivity index (χ4n) is 2.37. The van der Waals surface area contributed by atoms with Crippen molar-refractivity contribution in [2.75, 3.05) is 4.90 Å². The summed E-state index contributed by atoms with van der Waals surface area (Å²) in [6.07, 6.45) is 1.80. The third-order valence-electron chi connectivity index (χ3n) is 3.47. The van der Waals surface area contributed by atoms with Gasteiger partial charge in [0.15, 0.2) is 0 Å². The number of benzene rings is 3. The van der Waals surface area contributed by atoms with Gasteiger partial charge in [-0.05, 0) is 24.3 Å². The van der Waals surface area contributed by atoms with E-state index >= 15 is 0 Å². The van der Waals surface area contributed by atoms with E-state index in [1.54, 1.807) is 6.20 Å². The number of aliphatic imine (C=N–C) groups is 1. The van der Waals surface area contributed by atoms with Crippen LogP contribution in [0.5, 0.6) is 0 Å². The van der Waals surface area contributed by atoms with Gasteiger partial charge in [0.25, 0.3) is 0 Å². The summed E-state index contributed by atoms with van der Waals surface area (Å²) >= 11 is 0. The van der Waals surface area contributed by atoms with Crippen molar-refractivity contribution < 1.29 is 0 Å². The second-order valence-corrected chi connectivity index (χ2v) is 5.03. The van der Waals surface area contributed by atoms with Crippen LogP contribution in [0.15, 0.2) is 109 Å². The Balaban J connectivity index is 2.12. The molecule has 112 valence electrons. The Bertz CT molecular complexity index is 778. The Morgan fingerprint density at radius 1 is 0.739 bits per heavy atom. The molecule has 0 heterocycles. The van der Waals surface area contributed by atoms with Crippen LogP contribution in [0.4, 0.5) is 11.4 Å². The van der Waals surface area contributed by atoms with E-state index in [4.69, 9.17) is 4.99 Å². The molecule has 0 saturated carbocycles. The monoisotopic (exact) mass is 298 g/mol. The van der Waals surface area contributed by atoms with E-state index in [9.17, 15) is 0 Å². The van der Waals surface area contributed by atoms with Crippen molar-refractivity contribution in [1.29, 1.82) is 0 Å². The van der Waals surface area contributed by atoms with Gasteiger partial charge < -0.3 is 4.90 Å². The molecule has 0 fully saturated rings. The molecule has 0 atom stereocenters. The average Bonchev–Trinajstić information content (AvgIpc) is 2.64. The van der Waals surface area contributed by atoms with Gasteiger partial charge in [-0.1, -0.05) is 73.3 Å². The van der Waals surface area contributed by atoms with E-state index in [0.29, 0.717) is 0 Å². The van der Waals surface area contributed by atoms with Crippen molar-refractivity contribution in [3.63, 3.8) is 0 Å². The molecule has 0 N–H and O–H groups in total. The summed E-state index contributed by atoms with van der Waals surface area (Å²) < 4.78 is 0. The van der Waals surface area contributed by atoms with Crippen molar-refractivity contribution in [3.8, 4) is 0 Å². The zero-order valence-corrected chi connectivity index (χ0v) is 12.8. The van der Waals surface area contributed by atoms with Crippen molar-refractivity contribution in [3.05, 3.63) is 109 Å². The predicted octanol–water partition coefficient (Wildman–Crippen LogP) is 5.42. The van der Waals surface area contributed by atoms with Crippen LogP contribution in [0.25, 0.3) is 0 Å². The highest BCUT2D eigenvalue weighted by atomic mass is 15.2. The lowest BCUT2D eigenvalue weighted by Crippen LogP contribution is -2.25. The molecule has 0 unspecified atom stereocenters. The van der Waals surface area contributed by atoms with Crippen LogP contribution in [-0.4, -0.2) is 5.84 Å². The van der Waals surface area contributed by atoms with Gasteiger partial charge >= 0.3 is 0 Å². The van der Waals surface area contributed by atoms with Gasteiger partial charge in [0.05, 0.1) is 5.69 Å². The Morgan fingerprint density at radius 2 is 1.26 bits per heavy atom. The second kappa shape index (κ2) is 7.23. The van der Waals surface area contributed by atoms with Gasteiger partial charge in [-0.2, -0.15) is 0 Å². The highest BCUT2D eigenvalue weighted by Gasteiger charge is 2.13. The van der Waals surface area contributed by atoms with E-state index in [2.05, 4.69) is 18.7 Å². The number of amidine groups is 1. The Morgan fingerprint density at radius 3 is 1.83 bits per heavy atom. The maximum absolute atomic E-state index is 4.85. The SMILES string of the molecule is C=CN(/C(=N/c1ccccc1)c1ccccc1)c1ccccc1. The molecule has 0 spiro atoms. The summed E-state index contributed by atoms with van der Waals surface area (Å²) in [7, 11) is 0. The molecule has 3 rings (SSSR count). The lowest BCUT2D eigenvalue weighted by molar-refractivity contribution is 1.31. The molecule has 3 aromatic rings. The first-order valence-corrected chi connectivity index (χ1v) is 7.54. The summed E-state index contributed by atoms with van der Waals surface area (Å²) in [5, 5.41) is 0. The second-order valence-electron chi connectivity index (χ2n) is 5.03. The van der Waals surface area contributed by atoms with E-state index < -0.39 is 0 Å². The standard InChI is InChI=1S/C21H18N2/c1-2-23(20-16-10-5-11-17-20)21(18-12-6-3-7-13-18)22-19-14-8-4-9-15-19/h2-17H,1H2/b22-21+. The van der Waals surface area contributed by atoms with E-state index in [1.165, 1.54) is 0 Å². The highest BCUT2D eigenvalue weighted by molar-refractivity contribution is 6.12. The molecule has 0 aliphatic carbocycles. The van der Waals surface area contributed by atoms with Crippen LogP contribution in [0.2, 0.25) is 0 Å². The molecule has 3 aromatic carbocycles. The molecule has 0 radical (unpaired) electrons. The Hall–Kier alpha value is -3.13. The maximum atomic E-state index is 4.85. The van der Waals surface area contributed by atoms with E-state index in [-0.39, 0.29) is 0 Å². The molecule has 0 aromatic heterocycles. The maximum Gasteiger partial charge on any atom is 0.145 e. The molecular weight excluding hydrogens is 280 g/mol. The number of rotatable bonds is 4. The van der Waals surface area contributed by atoms with Crippen molar-refractivity contribution in [2.24, 2.45) is 4.99 Å². The number of anilines is 1. The molecule has 0 aliphatic heterocycles. The lowest BCUT2D eigenvalue weighted by Gasteiger charge is -2.22. The first-order valence-electron chi connectivity index (χ1n) is 7.54. The Kier molecular flexibility index (Phi) is 4.65. The van der Waals surface area contributed by atoms with Gasteiger partial charge in [-0.3, -0.25) is 0 Å². The molecule has 2 heteroatoms. The average molecular weight is 298 g/mol. The normalized spacial score (nSPS) is 11.0. The largest absolute Gasteiger partial charge is 0.302 e. The van der Waals surface area contributed by atoms with Crippen molar-refractivity contribution >= 4 is 17.2 Å². The number of hydrogen-bond donors (Lipinski definition) is 0. The fourth-order valence-corrected chi connectivity index (χ4v) is 2.37. The predicted molar refractivity (Wildman–Crippen MR) is 98.2 cm³/mol. The summed E-state index contributed by atoms with van der Waals surface area (Å²) in [5.41, 5.74) is 2.98. The molecule has 2 nitrogen and oxygen atoms in total. The zero-order chi connectivity index (χ0) is 15.9. The van der Waals surface area contributed by atoms with Crippen molar-refractivity contribution in [2.45, 2.75) is 0 Å². The molecule has 0 bridgehead atoms. The van der Waals surface area contributed by atoms with Crippen LogP contribution in [-0.2, 0) is 0 Å². The minimum Gasteiger partial charge on any atom is -0.302 e. The van der Waals surface area contributed by atoms with E-state index in [0.717, 1.165) is 22.8 Å². The minimum atomic E-state index is 0.845. The summed E-state index contributed by atoms with van der Waals surface area (Å²) in [6.45, 7) is 3.97. The molecular formula is C21H18N2. The third kappa shape index (κ3) is 3.55. The zero-order valence-electron chi connectivity index (χ0n) is 12.8. The van der Waals surface area contributed by atoms with Crippen LogP contribution in [0.3, 0.4) is 0 Å². The fraction of sp³-hybridized carbons (Fsp3) is 0. The number of hydrogen-bond acceptors (Lipinski definition) is 1. The molecule has 0 aliphatic rings. The first kappa shape index (κ1) is 14.8. The van der Waals surface area contributed by atoms with Crippen molar-refractivity contribution in [1.82, 2.24) is 0 Å². The van der Waals surface area contributed by atoms with Gasteiger partial charge in [0, 0.05) is 17.5 Å². The van der Waals surface area contributed by atoms with Crippen LogP contribution >= 0.6 is 0 Å². The van der Waals surface area contributed by atoms with Gasteiger partial charge in [-0.25, -0.2) is 4.99 Å². The molecule has 0 amide bonds. The summed E-state index contributed by atoms with van der Waals surface area (Å²) in [4.78, 5) is 6.85. The smallest absolute Gasteiger partial charge is 0.145 e. The Labute approximate surface area is 137 Å². The molecule has 0 saturated heterocycles. The lowest BCUT2D eigenvalue weighted by atomic mass is 10.1. The summed E-state index contributed by atoms with van der Waals surface area (Å²) in [6, 6.07) is 30.2. The van der Waals surface area contributed by atoms with Crippen LogP contribution in [0, 0.1) is 0 Å². The van der Waals surface area contributed by atoms with Crippen LogP contribution in [0.1, 0.15) is 5.56 Å². The quantitative estimate of drug-likeness (QED) is 0.464. The van der Waals surface area contributed by atoms with Gasteiger partial charge in [-0.15, -0.1) is 0 Å². The first-order chi connectivity index (χ1) is 11.4. The van der Waals surface area contributed by atoms with Crippen LogP contribution < -0.4 is 4.90 Å².